The number of pyridine rings is 1. The first-order valence-corrected chi connectivity index (χ1v) is 8.93. The van der Waals surface area contributed by atoms with Crippen LogP contribution in [0.4, 0.5) is 0 Å². The largest absolute Gasteiger partial charge is 0.497 e. The predicted molar refractivity (Wildman–Crippen MR) is 105 cm³/mol. The summed E-state index contributed by atoms with van der Waals surface area (Å²) in [6.07, 6.45) is 5.50. The highest BCUT2D eigenvalue weighted by atomic mass is 16.5. The van der Waals surface area contributed by atoms with Crippen LogP contribution in [0.3, 0.4) is 0 Å². The first kappa shape index (κ1) is 17.2. The Hall–Kier alpha value is -3.19. The average molecular weight is 362 g/mol. The molecule has 7 heteroatoms. The lowest BCUT2D eigenvalue weighted by atomic mass is 10.0. The standard InChI is InChI=1S/C20H22N6O/c1-27-16-6-4-15(5-7-16)18-17(13-25-26-18)19-20(23-10-9-22-19)24-12-14-3-2-8-21-11-14/h2-8,11,13,19,22H,9-10,12H2,1H3,(H,23,24)(H,25,26). The summed E-state index contributed by atoms with van der Waals surface area (Å²) < 4.78 is 5.25. The van der Waals surface area contributed by atoms with Crippen LogP contribution in [0.5, 0.6) is 5.75 Å². The minimum Gasteiger partial charge on any atom is -0.497 e. The number of nitrogens with one attached hydrogen (secondary N) is 3. The molecule has 0 fully saturated rings. The molecule has 0 radical (unpaired) electrons. The van der Waals surface area contributed by atoms with Gasteiger partial charge in [0.25, 0.3) is 0 Å². The summed E-state index contributed by atoms with van der Waals surface area (Å²) in [7, 11) is 1.67. The van der Waals surface area contributed by atoms with Gasteiger partial charge in [-0.1, -0.05) is 6.07 Å². The first-order valence-electron chi connectivity index (χ1n) is 8.93. The number of nitrogens with zero attached hydrogens (tertiary/aromatic N) is 3. The molecule has 1 aliphatic rings. The van der Waals surface area contributed by atoms with Gasteiger partial charge < -0.3 is 15.4 Å². The van der Waals surface area contributed by atoms with Crippen LogP contribution < -0.4 is 15.4 Å². The Morgan fingerprint density at radius 2 is 2.07 bits per heavy atom. The van der Waals surface area contributed by atoms with Crippen LogP contribution in [0.15, 0.2) is 60.0 Å². The van der Waals surface area contributed by atoms with Gasteiger partial charge in [-0.25, -0.2) is 0 Å². The van der Waals surface area contributed by atoms with E-state index in [0.29, 0.717) is 6.54 Å². The lowest BCUT2D eigenvalue weighted by molar-refractivity contribution is 0.415. The van der Waals surface area contributed by atoms with Crippen molar-refractivity contribution in [2.24, 2.45) is 4.99 Å². The Morgan fingerprint density at radius 1 is 1.19 bits per heavy atom. The summed E-state index contributed by atoms with van der Waals surface area (Å²) in [4.78, 5) is 8.87. The normalized spacial score (nSPS) is 16.6. The fraction of sp³-hybridized carbons (Fsp3) is 0.250. The molecule has 3 N–H and O–H groups in total. The van der Waals surface area contributed by atoms with Gasteiger partial charge in [-0.15, -0.1) is 0 Å². The number of aromatic nitrogens is 3. The number of hydrogen-bond donors (Lipinski definition) is 3. The molecule has 1 atom stereocenters. The second-order valence-corrected chi connectivity index (χ2v) is 6.30. The van der Waals surface area contributed by atoms with Crippen LogP contribution in [0, 0.1) is 0 Å². The Kier molecular flexibility index (Phi) is 5.11. The van der Waals surface area contributed by atoms with Crippen molar-refractivity contribution in [2.75, 3.05) is 20.2 Å². The van der Waals surface area contributed by atoms with Gasteiger partial charge in [0.15, 0.2) is 0 Å². The second kappa shape index (κ2) is 8.01. The molecule has 7 nitrogen and oxygen atoms in total. The molecule has 4 rings (SSSR count). The molecule has 0 bridgehead atoms. The van der Waals surface area contributed by atoms with E-state index in [1.807, 2.05) is 48.8 Å². The zero-order valence-corrected chi connectivity index (χ0v) is 15.1. The number of hydrogen-bond acceptors (Lipinski definition) is 6. The molecule has 1 aromatic carbocycles. The van der Waals surface area contributed by atoms with Gasteiger partial charge in [-0.05, 0) is 35.9 Å². The molecule has 2 aromatic heterocycles. The van der Waals surface area contributed by atoms with Crippen LogP contribution in [0.2, 0.25) is 0 Å². The van der Waals surface area contributed by atoms with E-state index in [1.165, 1.54) is 0 Å². The minimum atomic E-state index is -0.0359. The van der Waals surface area contributed by atoms with Crippen LogP contribution in [-0.2, 0) is 6.54 Å². The van der Waals surface area contributed by atoms with E-state index in [0.717, 1.165) is 47.1 Å². The molecule has 3 aromatic rings. The number of aromatic amines is 1. The van der Waals surface area contributed by atoms with Crippen molar-refractivity contribution in [2.45, 2.75) is 12.6 Å². The average Bonchev–Trinajstić information content (AvgIpc) is 3.23. The van der Waals surface area contributed by atoms with E-state index < -0.39 is 0 Å². The van der Waals surface area contributed by atoms with Gasteiger partial charge >= 0.3 is 0 Å². The topological polar surface area (TPSA) is 87.2 Å². The molecule has 1 aliphatic heterocycles. The number of rotatable bonds is 5. The van der Waals surface area contributed by atoms with Crippen LogP contribution in [0.1, 0.15) is 17.2 Å². The van der Waals surface area contributed by atoms with Crippen molar-refractivity contribution in [1.29, 1.82) is 0 Å². The van der Waals surface area contributed by atoms with Crippen LogP contribution >= 0.6 is 0 Å². The highest BCUT2D eigenvalue weighted by Gasteiger charge is 2.25. The van der Waals surface area contributed by atoms with Crippen molar-refractivity contribution in [3.8, 4) is 17.0 Å². The highest BCUT2D eigenvalue weighted by Crippen LogP contribution is 2.28. The van der Waals surface area contributed by atoms with E-state index in [-0.39, 0.29) is 6.04 Å². The molecule has 3 heterocycles. The van der Waals surface area contributed by atoms with Crippen molar-refractivity contribution in [1.82, 2.24) is 25.8 Å². The zero-order valence-electron chi connectivity index (χ0n) is 15.1. The SMILES string of the molecule is COc1ccc(-c2[nH]ncc2C2NCCN=C2NCc2cccnc2)cc1. The third-order valence-electron chi connectivity index (χ3n) is 4.57. The number of ether oxygens (including phenoxy) is 1. The summed E-state index contributed by atoms with van der Waals surface area (Å²) in [6, 6.07) is 11.9. The van der Waals surface area contributed by atoms with Gasteiger partial charge in [0.2, 0.25) is 0 Å². The number of benzene rings is 1. The van der Waals surface area contributed by atoms with Gasteiger partial charge in [0.1, 0.15) is 11.6 Å². The monoisotopic (exact) mass is 362 g/mol. The number of amidine groups is 1. The number of aliphatic imine (C=N–C) groups is 1. The molecule has 27 heavy (non-hydrogen) atoms. The van der Waals surface area contributed by atoms with Crippen molar-refractivity contribution < 1.29 is 4.74 Å². The molecule has 0 saturated carbocycles. The van der Waals surface area contributed by atoms with Crippen LogP contribution in [0.25, 0.3) is 11.3 Å². The Labute approximate surface area is 157 Å². The molecule has 0 amide bonds. The molecular formula is C20H22N6O. The molecule has 0 spiro atoms. The van der Waals surface area contributed by atoms with Crippen molar-refractivity contribution in [3.05, 3.63) is 66.1 Å². The van der Waals surface area contributed by atoms with E-state index in [2.05, 4.69) is 25.8 Å². The Balaban J connectivity index is 1.57. The molecule has 138 valence electrons. The van der Waals surface area contributed by atoms with E-state index in [4.69, 9.17) is 9.73 Å². The van der Waals surface area contributed by atoms with Gasteiger partial charge in [-0.2, -0.15) is 5.10 Å². The fourth-order valence-corrected chi connectivity index (χ4v) is 3.19. The smallest absolute Gasteiger partial charge is 0.119 e. The first-order chi connectivity index (χ1) is 13.3. The maximum atomic E-state index is 5.25. The van der Waals surface area contributed by atoms with Gasteiger partial charge in [0, 0.05) is 36.6 Å². The van der Waals surface area contributed by atoms with Gasteiger partial charge in [-0.3, -0.25) is 15.1 Å². The van der Waals surface area contributed by atoms with Gasteiger partial charge in [0.05, 0.1) is 31.6 Å². The third kappa shape index (κ3) is 3.83. The molecule has 0 aliphatic carbocycles. The quantitative estimate of drug-likeness (QED) is 0.648. The lowest BCUT2D eigenvalue weighted by Gasteiger charge is -2.26. The Morgan fingerprint density at radius 3 is 2.85 bits per heavy atom. The van der Waals surface area contributed by atoms with E-state index >= 15 is 0 Å². The second-order valence-electron chi connectivity index (χ2n) is 6.30. The fourth-order valence-electron chi connectivity index (χ4n) is 3.19. The zero-order chi connectivity index (χ0) is 18.5. The minimum absolute atomic E-state index is 0.0359. The summed E-state index contributed by atoms with van der Waals surface area (Å²) in [5.74, 6) is 1.75. The lowest BCUT2D eigenvalue weighted by Crippen LogP contribution is -2.42. The number of methoxy groups -OCH3 is 1. The maximum Gasteiger partial charge on any atom is 0.119 e. The predicted octanol–water partition coefficient (Wildman–Crippen LogP) is 2.31. The van der Waals surface area contributed by atoms with E-state index in [9.17, 15) is 0 Å². The molecule has 1 unspecified atom stereocenters. The van der Waals surface area contributed by atoms with Crippen molar-refractivity contribution in [3.63, 3.8) is 0 Å². The maximum absolute atomic E-state index is 5.25. The Bertz CT molecular complexity index is 904. The summed E-state index contributed by atoms with van der Waals surface area (Å²) in [5.41, 5.74) is 4.22. The van der Waals surface area contributed by atoms with E-state index in [1.54, 1.807) is 13.3 Å². The third-order valence-corrected chi connectivity index (χ3v) is 4.57. The molecular weight excluding hydrogens is 340 g/mol. The van der Waals surface area contributed by atoms with Crippen molar-refractivity contribution >= 4 is 5.84 Å². The highest BCUT2D eigenvalue weighted by molar-refractivity contribution is 5.90. The molecule has 0 saturated heterocycles. The summed E-state index contributed by atoms with van der Waals surface area (Å²) >= 11 is 0. The van der Waals surface area contributed by atoms with Crippen LogP contribution in [-0.4, -0.2) is 41.2 Å². The summed E-state index contributed by atoms with van der Waals surface area (Å²) in [5, 5.41) is 14.4. The number of H-pyrrole nitrogens is 1. The summed E-state index contributed by atoms with van der Waals surface area (Å²) in [6.45, 7) is 2.26.